The Morgan fingerprint density at radius 3 is 2.26 bits per heavy atom. The Hall–Kier alpha value is -2.90. The number of hydrogen-bond acceptors (Lipinski definition) is 7. The van der Waals surface area contributed by atoms with Crippen molar-refractivity contribution < 1.29 is 29.5 Å². The predicted molar refractivity (Wildman–Crippen MR) is 57.6 cm³/mol. The number of methoxy groups -OCH3 is 1. The third-order valence-electron chi connectivity index (χ3n) is 2.17. The summed E-state index contributed by atoms with van der Waals surface area (Å²) in [5, 5.41) is 31.9. The van der Waals surface area contributed by atoms with Gasteiger partial charge in [0, 0.05) is 5.57 Å². The van der Waals surface area contributed by atoms with Crippen LogP contribution in [-0.2, 0) is 9.59 Å². The smallest absolute Gasteiger partial charge is 0.280 e. The van der Waals surface area contributed by atoms with Gasteiger partial charge in [0.1, 0.15) is 5.75 Å². The highest BCUT2D eigenvalue weighted by atomic mass is 16.6. The minimum atomic E-state index is -2.00. The van der Waals surface area contributed by atoms with Crippen LogP contribution in [0.5, 0.6) is 5.75 Å². The van der Waals surface area contributed by atoms with Crippen LogP contribution in [0.3, 0.4) is 0 Å². The number of rotatable bonds is 5. The van der Waals surface area contributed by atoms with Gasteiger partial charge >= 0.3 is 0 Å². The zero-order valence-corrected chi connectivity index (χ0v) is 9.61. The van der Waals surface area contributed by atoms with Crippen molar-refractivity contribution in [1.82, 2.24) is 0 Å². The minimum absolute atomic E-state index is 0.173. The second-order valence-electron chi connectivity index (χ2n) is 3.31. The Bertz CT molecular complexity index is 560. The number of nitrogens with zero attached hydrogens (tertiary/aromatic N) is 1. The first-order valence-corrected chi connectivity index (χ1v) is 4.83. The fourth-order valence-corrected chi connectivity index (χ4v) is 1.29. The number of carbonyl (C=O) groups excluding carboxylic acids is 2. The molecule has 0 amide bonds. The van der Waals surface area contributed by atoms with Crippen LogP contribution in [-0.4, -0.2) is 24.0 Å². The normalized spacial score (nSPS) is 9.53. The number of ether oxygens (including phenoxy) is 1. The van der Waals surface area contributed by atoms with Crippen molar-refractivity contribution in [1.29, 1.82) is 0 Å². The summed E-state index contributed by atoms with van der Waals surface area (Å²) in [7, 11) is 1.29. The lowest BCUT2D eigenvalue weighted by molar-refractivity contribution is -0.385. The summed E-state index contributed by atoms with van der Waals surface area (Å²) in [4.78, 5) is 31.1. The SMILES string of the molecule is COc1ccc(C=C(C(=O)[O-])C(=O)[O-])c([N+](=O)[O-])c1. The van der Waals surface area contributed by atoms with Gasteiger partial charge in [-0.2, -0.15) is 0 Å². The molecule has 0 aromatic heterocycles. The van der Waals surface area contributed by atoms with E-state index in [0.29, 0.717) is 6.08 Å². The van der Waals surface area contributed by atoms with Crippen molar-refractivity contribution in [2.24, 2.45) is 0 Å². The summed E-state index contributed by atoms with van der Waals surface area (Å²) in [5.74, 6) is -3.82. The lowest BCUT2D eigenvalue weighted by atomic mass is 10.1. The first kappa shape index (κ1) is 14.2. The summed E-state index contributed by atoms with van der Waals surface area (Å²) in [6.45, 7) is 0. The highest BCUT2D eigenvalue weighted by molar-refractivity contribution is 6.14. The first-order valence-electron chi connectivity index (χ1n) is 4.83. The van der Waals surface area contributed by atoms with Crippen molar-refractivity contribution in [2.45, 2.75) is 0 Å². The highest BCUT2D eigenvalue weighted by Gasteiger charge is 2.14. The van der Waals surface area contributed by atoms with E-state index in [1.165, 1.54) is 13.2 Å². The summed E-state index contributed by atoms with van der Waals surface area (Å²) in [5.41, 5.74) is -1.90. The van der Waals surface area contributed by atoms with Crippen LogP contribution in [0, 0.1) is 10.1 Å². The van der Waals surface area contributed by atoms with E-state index in [1.807, 2.05) is 0 Å². The lowest BCUT2D eigenvalue weighted by Gasteiger charge is -2.09. The molecular weight excluding hydrogens is 258 g/mol. The molecule has 0 radical (unpaired) electrons. The molecule has 1 aromatic carbocycles. The molecule has 0 unspecified atom stereocenters. The standard InChI is InChI=1S/C11H9NO7/c1-19-7-3-2-6(9(5-7)12(17)18)4-8(10(13)14)11(15)16/h2-5H,1H3,(H,13,14)(H,15,16)/p-2. The molecule has 0 atom stereocenters. The number of aliphatic carboxylic acids is 2. The van der Waals surface area contributed by atoms with Crippen LogP contribution in [0.15, 0.2) is 23.8 Å². The van der Waals surface area contributed by atoms with Gasteiger partial charge < -0.3 is 24.5 Å². The quantitative estimate of drug-likeness (QED) is 0.207. The Morgan fingerprint density at radius 1 is 1.26 bits per heavy atom. The summed E-state index contributed by atoms with van der Waals surface area (Å²) in [6, 6.07) is 3.51. The molecule has 8 heteroatoms. The van der Waals surface area contributed by atoms with Gasteiger partial charge in [-0.15, -0.1) is 0 Å². The Morgan fingerprint density at radius 2 is 1.84 bits per heavy atom. The molecule has 1 rings (SSSR count). The van der Waals surface area contributed by atoms with Crippen LogP contribution >= 0.6 is 0 Å². The Labute approximate surface area is 106 Å². The number of nitro groups is 1. The Balaban J connectivity index is 3.41. The Kier molecular flexibility index (Phi) is 4.19. The summed E-state index contributed by atoms with van der Waals surface area (Å²) >= 11 is 0. The van der Waals surface area contributed by atoms with Crippen molar-refractivity contribution >= 4 is 23.7 Å². The van der Waals surface area contributed by atoms with E-state index in [2.05, 4.69) is 0 Å². The summed E-state index contributed by atoms with van der Waals surface area (Å²) in [6.07, 6.45) is 0.599. The molecule has 0 heterocycles. The second-order valence-corrected chi connectivity index (χ2v) is 3.31. The number of benzene rings is 1. The molecule has 0 aliphatic heterocycles. The molecule has 0 saturated carbocycles. The molecule has 0 aliphatic rings. The van der Waals surface area contributed by atoms with E-state index in [4.69, 9.17) is 4.74 Å². The van der Waals surface area contributed by atoms with Gasteiger partial charge in [0.15, 0.2) is 0 Å². The number of nitro benzene ring substituents is 1. The first-order chi connectivity index (χ1) is 8.86. The van der Waals surface area contributed by atoms with Crippen molar-refractivity contribution in [3.05, 3.63) is 39.4 Å². The van der Waals surface area contributed by atoms with E-state index in [0.717, 1.165) is 12.1 Å². The van der Waals surface area contributed by atoms with Gasteiger partial charge in [0.05, 0.1) is 35.6 Å². The van der Waals surface area contributed by atoms with Crippen LogP contribution in [0.25, 0.3) is 6.08 Å². The molecular formula is C11H7NO7-2. The van der Waals surface area contributed by atoms with E-state index in [9.17, 15) is 29.9 Å². The third kappa shape index (κ3) is 3.28. The fourth-order valence-electron chi connectivity index (χ4n) is 1.29. The van der Waals surface area contributed by atoms with Crippen LogP contribution in [0.2, 0.25) is 0 Å². The highest BCUT2D eigenvalue weighted by Crippen LogP contribution is 2.26. The molecule has 8 nitrogen and oxygen atoms in total. The number of hydrogen-bond donors (Lipinski definition) is 0. The van der Waals surface area contributed by atoms with Gasteiger partial charge in [-0.3, -0.25) is 10.1 Å². The lowest BCUT2D eigenvalue weighted by Crippen LogP contribution is -2.36. The summed E-state index contributed by atoms with van der Waals surface area (Å²) < 4.78 is 4.78. The fraction of sp³-hybridized carbons (Fsp3) is 0.0909. The van der Waals surface area contributed by atoms with Crippen molar-refractivity contribution in [3.8, 4) is 5.75 Å². The monoisotopic (exact) mass is 265 g/mol. The average molecular weight is 265 g/mol. The molecule has 0 spiro atoms. The molecule has 19 heavy (non-hydrogen) atoms. The van der Waals surface area contributed by atoms with E-state index in [-0.39, 0.29) is 11.3 Å². The van der Waals surface area contributed by atoms with Gasteiger partial charge in [0.25, 0.3) is 5.69 Å². The molecule has 1 aromatic rings. The minimum Gasteiger partial charge on any atom is -0.545 e. The second kappa shape index (κ2) is 5.63. The zero-order chi connectivity index (χ0) is 14.6. The number of carbonyl (C=O) groups is 2. The topological polar surface area (TPSA) is 133 Å². The van der Waals surface area contributed by atoms with Crippen molar-refractivity contribution in [2.75, 3.05) is 7.11 Å². The number of carboxylic acid groups (broad SMARTS) is 2. The largest absolute Gasteiger partial charge is 0.545 e. The molecule has 0 N–H and O–H groups in total. The van der Waals surface area contributed by atoms with Gasteiger partial charge in [-0.25, -0.2) is 0 Å². The van der Waals surface area contributed by atoms with Crippen molar-refractivity contribution in [3.63, 3.8) is 0 Å². The maximum Gasteiger partial charge on any atom is 0.280 e. The maximum atomic E-state index is 10.8. The number of carboxylic acids is 2. The zero-order valence-electron chi connectivity index (χ0n) is 9.61. The van der Waals surface area contributed by atoms with Crippen LogP contribution in [0.4, 0.5) is 5.69 Å². The van der Waals surface area contributed by atoms with E-state index < -0.39 is 28.1 Å². The maximum absolute atomic E-state index is 10.8. The van der Waals surface area contributed by atoms with Gasteiger partial charge in [-0.05, 0) is 18.2 Å². The predicted octanol–water partition coefficient (Wildman–Crippen LogP) is -1.51. The van der Waals surface area contributed by atoms with Gasteiger partial charge in [0.2, 0.25) is 0 Å². The molecule has 0 aliphatic carbocycles. The van der Waals surface area contributed by atoms with E-state index >= 15 is 0 Å². The molecule has 100 valence electrons. The average Bonchev–Trinajstić information content (AvgIpc) is 2.34. The molecule has 0 saturated heterocycles. The third-order valence-corrected chi connectivity index (χ3v) is 2.17. The van der Waals surface area contributed by atoms with Crippen LogP contribution < -0.4 is 14.9 Å². The molecule has 0 bridgehead atoms. The van der Waals surface area contributed by atoms with Gasteiger partial charge in [-0.1, -0.05) is 0 Å². The van der Waals surface area contributed by atoms with E-state index in [1.54, 1.807) is 0 Å². The molecule has 0 fully saturated rings. The van der Waals surface area contributed by atoms with Crippen LogP contribution in [0.1, 0.15) is 5.56 Å².